The topological polar surface area (TPSA) is 36.8 Å². The van der Waals surface area contributed by atoms with Gasteiger partial charge in [-0.1, -0.05) is 5.22 Å². The molecule has 0 bridgehead atoms. The zero-order valence-corrected chi connectivity index (χ0v) is 8.24. The van der Waals surface area contributed by atoms with Crippen LogP contribution in [0.2, 0.25) is 0 Å². The molecule has 11 heavy (non-hydrogen) atoms. The van der Waals surface area contributed by atoms with Crippen LogP contribution >= 0.6 is 22.6 Å². The summed E-state index contributed by atoms with van der Waals surface area (Å²) < 4.78 is 1.21. The summed E-state index contributed by atoms with van der Waals surface area (Å²) in [4.78, 5) is 0. The van der Waals surface area contributed by atoms with E-state index in [2.05, 4.69) is 38.4 Å². The van der Waals surface area contributed by atoms with Gasteiger partial charge in [0.15, 0.2) is 0 Å². The van der Waals surface area contributed by atoms with Gasteiger partial charge >= 0.3 is 0 Å². The van der Waals surface area contributed by atoms with E-state index in [1.165, 1.54) is 3.57 Å². The van der Waals surface area contributed by atoms with Crippen molar-refractivity contribution in [2.45, 2.75) is 0 Å². The molecule has 0 aliphatic rings. The molecular weight excluding hydrogens is 253 g/mol. The van der Waals surface area contributed by atoms with Crippen molar-refractivity contribution in [1.82, 2.24) is 0 Å². The summed E-state index contributed by atoms with van der Waals surface area (Å²) in [5.74, 6) is 0. The third kappa shape index (κ3) is 2.83. The Balaban J connectivity index is 2.66. The minimum absolute atomic E-state index is 0.955. The van der Waals surface area contributed by atoms with Crippen LogP contribution in [0.25, 0.3) is 0 Å². The smallest absolute Gasteiger partial charge is 0.0579 e. The van der Waals surface area contributed by atoms with Crippen LogP contribution in [0.5, 0.6) is 0 Å². The van der Waals surface area contributed by atoms with Crippen molar-refractivity contribution >= 4 is 28.3 Å². The first kappa shape index (κ1) is 8.45. The average molecular weight is 261 g/mol. The first-order valence-electron chi connectivity index (χ1n) is 3.13. The van der Waals surface area contributed by atoms with E-state index >= 15 is 0 Å². The Morgan fingerprint density at radius 3 is 2.45 bits per heavy atom. The van der Waals surface area contributed by atoms with Crippen LogP contribution in [-0.2, 0) is 0 Å². The summed E-state index contributed by atoms with van der Waals surface area (Å²) in [6.07, 6.45) is 0. The fraction of sp³-hybridized carbons (Fsp3) is 0.143. The number of halogens is 1. The predicted octanol–water partition coefficient (Wildman–Crippen LogP) is 2.70. The van der Waals surface area contributed by atoms with E-state index in [0.717, 1.165) is 5.69 Å². The predicted molar refractivity (Wildman–Crippen MR) is 53.6 cm³/mol. The van der Waals surface area contributed by atoms with Crippen molar-refractivity contribution in [3.05, 3.63) is 27.8 Å². The van der Waals surface area contributed by atoms with E-state index in [9.17, 15) is 0 Å². The maximum atomic E-state index is 3.64. The van der Waals surface area contributed by atoms with Crippen molar-refractivity contribution in [3.8, 4) is 0 Å². The summed E-state index contributed by atoms with van der Waals surface area (Å²) in [6.45, 7) is 0. The fourth-order valence-corrected chi connectivity index (χ4v) is 0.992. The van der Waals surface area contributed by atoms with Crippen LogP contribution in [0.15, 0.2) is 34.6 Å². The van der Waals surface area contributed by atoms with Gasteiger partial charge in [0.1, 0.15) is 0 Å². The Hall–Kier alpha value is -0.650. The highest BCUT2D eigenvalue weighted by Crippen LogP contribution is 2.10. The summed E-state index contributed by atoms with van der Waals surface area (Å²) in [5.41, 5.74) is 3.73. The van der Waals surface area contributed by atoms with Crippen LogP contribution in [0.1, 0.15) is 0 Å². The largest absolute Gasteiger partial charge is 0.260 e. The van der Waals surface area contributed by atoms with Crippen LogP contribution in [-0.4, -0.2) is 7.05 Å². The van der Waals surface area contributed by atoms with Gasteiger partial charge in [0.25, 0.3) is 0 Å². The van der Waals surface area contributed by atoms with E-state index in [4.69, 9.17) is 0 Å². The molecule has 3 nitrogen and oxygen atoms in total. The van der Waals surface area contributed by atoms with Crippen LogP contribution in [0.4, 0.5) is 5.69 Å². The third-order valence-electron chi connectivity index (χ3n) is 1.12. The molecule has 0 atom stereocenters. The second-order valence-electron chi connectivity index (χ2n) is 1.92. The molecule has 0 saturated heterocycles. The second kappa shape index (κ2) is 4.27. The SMILES string of the molecule is CN=NNc1ccc(I)cc1. The molecule has 1 rings (SSSR count). The quantitative estimate of drug-likeness (QED) is 0.496. The van der Waals surface area contributed by atoms with Gasteiger partial charge in [-0.05, 0) is 46.9 Å². The van der Waals surface area contributed by atoms with Crippen molar-refractivity contribution in [1.29, 1.82) is 0 Å². The molecule has 0 aromatic heterocycles. The molecule has 1 aromatic rings. The first-order valence-corrected chi connectivity index (χ1v) is 4.21. The molecule has 0 aliphatic carbocycles. The molecule has 58 valence electrons. The van der Waals surface area contributed by atoms with Crippen molar-refractivity contribution in [3.63, 3.8) is 0 Å². The van der Waals surface area contributed by atoms with Crippen LogP contribution in [0, 0.1) is 3.57 Å². The minimum Gasteiger partial charge on any atom is -0.260 e. The van der Waals surface area contributed by atoms with Gasteiger partial charge in [-0.2, -0.15) is 5.11 Å². The second-order valence-corrected chi connectivity index (χ2v) is 3.16. The van der Waals surface area contributed by atoms with Crippen molar-refractivity contribution < 1.29 is 0 Å². The number of rotatable bonds is 2. The third-order valence-corrected chi connectivity index (χ3v) is 1.84. The molecule has 0 unspecified atom stereocenters. The van der Waals surface area contributed by atoms with Gasteiger partial charge in [-0.3, -0.25) is 5.43 Å². The molecule has 0 fully saturated rings. The standard InChI is InChI=1S/C7H8IN3/c1-9-11-10-7-4-2-6(8)3-5-7/h2-5H,1H3,(H,9,10). The normalized spacial score (nSPS) is 10.4. The van der Waals surface area contributed by atoms with Gasteiger partial charge in [-0.15, -0.1) is 0 Å². The van der Waals surface area contributed by atoms with Crippen molar-refractivity contribution in [2.24, 2.45) is 10.3 Å². The molecule has 0 spiro atoms. The summed E-state index contributed by atoms with van der Waals surface area (Å²) in [5, 5.41) is 7.21. The lowest BCUT2D eigenvalue weighted by atomic mass is 10.3. The van der Waals surface area contributed by atoms with E-state index in [1.54, 1.807) is 7.05 Å². The zero-order chi connectivity index (χ0) is 8.10. The summed E-state index contributed by atoms with van der Waals surface area (Å²) in [7, 11) is 1.62. The lowest BCUT2D eigenvalue weighted by Gasteiger charge is -1.96. The number of hydrogen-bond donors (Lipinski definition) is 1. The molecule has 1 aromatic carbocycles. The molecule has 0 aliphatic heterocycles. The molecular formula is C7H8IN3. The van der Waals surface area contributed by atoms with E-state index in [1.807, 2.05) is 24.3 Å². The highest BCUT2D eigenvalue weighted by Gasteiger charge is 1.87. The molecule has 1 N–H and O–H groups in total. The maximum absolute atomic E-state index is 3.64. The Labute approximate surface area is 79.0 Å². The lowest BCUT2D eigenvalue weighted by molar-refractivity contribution is 1.08. The minimum atomic E-state index is 0.955. The highest BCUT2D eigenvalue weighted by molar-refractivity contribution is 14.1. The van der Waals surface area contributed by atoms with Crippen molar-refractivity contribution in [2.75, 3.05) is 12.5 Å². The van der Waals surface area contributed by atoms with E-state index in [0.29, 0.717) is 0 Å². The fourth-order valence-electron chi connectivity index (χ4n) is 0.632. The zero-order valence-electron chi connectivity index (χ0n) is 6.08. The number of nitrogens with one attached hydrogen (secondary N) is 1. The molecule has 0 amide bonds. The number of benzene rings is 1. The number of nitrogens with zero attached hydrogens (tertiary/aromatic N) is 2. The summed E-state index contributed by atoms with van der Waals surface area (Å²) in [6, 6.07) is 7.93. The molecule has 4 heteroatoms. The molecule has 0 heterocycles. The maximum Gasteiger partial charge on any atom is 0.0579 e. The summed E-state index contributed by atoms with van der Waals surface area (Å²) >= 11 is 2.25. The van der Waals surface area contributed by atoms with Crippen LogP contribution < -0.4 is 5.43 Å². The van der Waals surface area contributed by atoms with Gasteiger partial charge in [0, 0.05) is 3.57 Å². The lowest BCUT2D eigenvalue weighted by Crippen LogP contribution is -1.85. The van der Waals surface area contributed by atoms with Gasteiger partial charge in [0.05, 0.1) is 12.7 Å². The number of hydrogen-bond acceptors (Lipinski definition) is 2. The number of anilines is 1. The average Bonchev–Trinajstić information content (AvgIpc) is 2.04. The van der Waals surface area contributed by atoms with Gasteiger partial charge < -0.3 is 0 Å². The Morgan fingerprint density at radius 2 is 1.91 bits per heavy atom. The molecule has 0 radical (unpaired) electrons. The Kier molecular flexibility index (Phi) is 3.28. The van der Waals surface area contributed by atoms with Crippen LogP contribution in [0.3, 0.4) is 0 Å². The Morgan fingerprint density at radius 1 is 1.27 bits per heavy atom. The monoisotopic (exact) mass is 261 g/mol. The van der Waals surface area contributed by atoms with Gasteiger partial charge in [0.2, 0.25) is 0 Å². The van der Waals surface area contributed by atoms with Gasteiger partial charge in [-0.25, -0.2) is 0 Å². The highest BCUT2D eigenvalue weighted by atomic mass is 127. The van der Waals surface area contributed by atoms with E-state index in [-0.39, 0.29) is 0 Å². The Bertz CT molecular complexity index is 242. The molecule has 0 saturated carbocycles. The van der Waals surface area contributed by atoms with E-state index < -0.39 is 0 Å². The first-order chi connectivity index (χ1) is 5.33.